The molecule has 1 fully saturated rings. The van der Waals surface area contributed by atoms with Crippen LogP contribution in [0.2, 0.25) is 5.02 Å². The Morgan fingerprint density at radius 3 is 2.22 bits per heavy atom. The Labute approximate surface area is 277 Å². The van der Waals surface area contributed by atoms with Crippen molar-refractivity contribution in [3.8, 4) is 28.4 Å². The summed E-state index contributed by atoms with van der Waals surface area (Å²) < 4.78 is 19.2. The van der Waals surface area contributed by atoms with Gasteiger partial charge in [0.15, 0.2) is 6.61 Å². The first-order chi connectivity index (χ1) is 22.0. The van der Waals surface area contributed by atoms with E-state index in [4.69, 9.17) is 25.8 Å². The van der Waals surface area contributed by atoms with Crippen LogP contribution in [0.5, 0.6) is 17.2 Å². The number of benzene rings is 4. The summed E-state index contributed by atoms with van der Waals surface area (Å²) in [5, 5.41) is 10.1. The van der Waals surface area contributed by atoms with Crippen LogP contribution in [0, 0.1) is 25.7 Å². The molecule has 1 aliphatic rings. The maximum absolute atomic E-state index is 11.5. The lowest BCUT2D eigenvalue weighted by Gasteiger charge is -2.43. The molecule has 4 atom stereocenters. The van der Waals surface area contributed by atoms with Gasteiger partial charge in [-0.2, -0.15) is 0 Å². The van der Waals surface area contributed by atoms with Crippen molar-refractivity contribution in [1.29, 1.82) is 0 Å². The van der Waals surface area contributed by atoms with Gasteiger partial charge in [-0.25, -0.2) is 4.79 Å². The highest BCUT2D eigenvalue weighted by atomic mass is 35.5. The van der Waals surface area contributed by atoms with Crippen molar-refractivity contribution in [2.75, 3.05) is 6.61 Å². The molecule has 6 heteroatoms. The van der Waals surface area contributed by atoms with Gasteiger partial charge in [0, 0.05) is 22.4 Å². The van der Waals surface area contributed by atoms with Crippen molar-refractivity contribution in [2.45, 2.75) is 65.6 Å². The molecular weight excluding hydrogens is 596 g/mol. The zero-order chi connectivity index (χ0) is 33.0. The molecule has 1 aliphatic heterocycles. The summed E-state index contributed by atoms with van der Waals surface area (Å²) >= 11 is 6.40. The molecule has 4 aromatic carbocycles. The van der Waals surface area contributed by atoms with Crippen molar-refractivity contribution in [3.63, 3.8) is 0 Å². The van der Waals surface area contributed by atoms with Crippen molar-refractivity contribution in [1.82, 2.24) is 0 Å². The summed E-state index contributed by atoms with van der Waals surface area (Å²) in [4.78, 5) is 11.5. The third kappa shape index (κ3) is 7.83. The highest BCUT2D eigenvalue weighted by Crippen LogP contribution is 2.50. The standard InChI is InChI=1S/C40H43ClO5/c1-24(2)18-37-34(30-14-12-29(13-15-30)28-10-8-7-9-11-28)22-33(25(3)4)40(46-37)35-21-31(16-17-36(35)44-23-38(42)43)45-32-19-26(5)39(41)27(6)20-32/h7-17,19-21,24,33-34,37,40H,3,18,22-23H2,1-2,4-6H3,(H,42,43)/t33-,34-,37+,40+/m0/s1. The minimum absolute atomic E-state index is 0.0374. The van der Waals surface area contributed by atoms with Gasteiger partial charge in [-0.1, -0.05) is 92.2 Å². The smallest absolute Gasteiger partial charge is 0.341 e. The van der Waals surface area contributed by atoms with Crippen LogP contribution in [0.3, 0.4) is 0 Å². The predicted molar refractivity (Wildman–Crippen MR) is 185 cm³/mol. The molecule has 1 heterocycles. The first-order valence-corrected chi connectivity index (χ1v) is 16.3. The summed E-state index contributed by atoms with van der Waals surface area (Å²) in [6, 6.07) is 28.5. The van der Waals surface area contributed by atoms with Gasteiger partial charge in [-0.05, 0) is 97.7 Å². The van der Waals surface area contributed by atoms with Gasteiger partial charge in [0.05, 0.1) is 12.2 Å². The van der Waals surface area contributed by atoms with E-state index in [9.17, 15) is 9.90 Å². The topological polar surface area (TPSA) is 65.0 Å². The Hall–Kier alpha value is -4.06. The predicted octanol–water partition coefficient (Wildman–Crippen LogP) is 10.7. The van der Waals surface area contributed by atoms with Crippen LogP contribution in [-0.2, 0) is 9.53 Å². The summed E-state index contributed by atoms with van der Waals surface area (Å²) in [5.41, 5.74) is 7.21. The average Bonchev–Trinajstić information content (AvgIpc) is 3.03. The normalized spacial score (nSPS) is 19.5. The van der Waals surface area contributed by atoms with E-state index in [1.807, 2.05) is 45.0 Å². The minimum Gasteiger partial charge on any atom is -0.482 e. The SMILES string of the molecule is C=C(C)[C@@H]1C[C@@H](c2ccc(-c3ccccc3)cc2)[C@@H](CC(C)C)O[C@H]1c1cc(Oc2cc(C)c(Cl)c(C)c2)ccc1OCC(=O)O. The van der Waals surface area contributed by atoms with Gasteiger partial charge in [-0.3, -0.25) is 0 Å². The van der Waals surface area contributed by atoms with Crippen LogP contribution < -0.4 is 9.47 Å². The molecule has 1 N–H and O–H groups in total. The van der Waals surface area contributed by atoms with Crippen LogP contribution in [0.15, 0.2) is 97.1 Å². The van der Waals surface area contributed by atoms with E-state index in [2.05, 4.69) is 69.0 Å². The van der Waals surface area contributed by atoms with Crippen LogP contribution in [-0.4, -0.2) is 23.8 Å². The maximum atomic E-state index is 11.5. The zero-order valence-electron chi connectivity index (χ0n) is 27.3. The first-order valence-electron chi connectivity index (χ1n) is 15.9. The number of carbonyl (C=O) groups is 1. The minimum atomic E-state index is -1.05. The summed E-state index contributed by atoms with van der Waals surface area (Å²) in [6.07, 6.45) is 1.24. The largest absolute Gasteiger partial charge is 0.482 e. The van der Waals surface area contributed by atoms with E-state index >= 15 is 0 Å². The molecule has 0 saturated carbocycles. The summed E-state index contributed by atoms with van der Waals surface area (Å²) in [6.45, 7) is 14.3. The first kappa shape index (κ1) is 33.3. The van der Waals surface area contributed by atoms with E-state index in [1.54, 1.807) is 12.1 Å². The number of ether oxygens (including phenoxy) is 3. The number of hydrogen-bond donors (Lipinski definition) is 1. The molecule has 0 bridgehead atoms. The summed E-state index contributed by atoms with van der Waals surface area (Å²) in [5.74, 6) is 1.22. The highest BCUT2D eigenvalue weighted by molar-refractivity contribution is 6.32. The molecule has 5 nitrogen and oxygen atoms in total. The lowest BCUT2D eigenvalue weighted by atomic mass is 9.74. The van der Waals surface area contributed by atoms with Crippen molar-refractivity contribution in [3.05, 3.63) is 124 Å². The van der Waals surface area contributed by atoms with E-state index in [1.165, 1.54) is 16.7 Å². The monoisotopic (exact) mass is 638 g/mol. The van der Waals surface area contributed by atoms with Crippen LogP contribution in [0.25, 0.3) is 11.1 Å². The molecule has 0 radical (unpaired) electrons. The Bertz CT molecular complexity index is 1660. The third-order valence-electron chi connectivity index (χ3n) is 8.71. The van der Waals surface area contributed by atoms with Crippen LogP contribution >= 0.6 is 11.6 Å². The van der Waals surface area contributed by atoms with E-state index in [-0.39, 0.29) is 17.9 Å². The molecule has 0 amide bonds. The van der Waals surface area contributed by atoms with Gasteiger partial charge < -0.3 is 19.3 Å². The molecule has 240 valence electrons. The van der Waals surface area contributed by atoms with Crippen molar-refractivity contribution >= 4 is 17.6 Å². The Morgan fingerprint density at radius 2 is 1.61 bits per heavy atom. The second kappa shape index (κ2) is 14.6. The van der Waals surface area contributed by atoms with Crippen molar-refractivity contribution < 1.29 is 24.1 Å². The fraction of sp³-hybridized carbons (Fsp3) is 0.325. The molecule has 1 saturated heterocycles. The van der Waals surface area contributed by atoms with Gasteiger partial charge >= 0.3 is 5.97 Å². The van der Waals surface area contributed by atoms with E-state index in [0.29, 0.717) is 28.2 Å². The average molecular weight is 639 g/mol. The second-order valence-electron chi connectivity index (χ2n) is 12.9. The lowest BCUT2D eigenvalue weighted by molar-refractivity contribution is -0.139. The molecular formula is C40H43ClO5. The molecule has 0 unspecified atom stereocenters. The number of aliphatic carboxylic acids is 1. The molecule has 0 aromatic heterocycles. The quantitative estimate of drug-likeness (QED) is 0.166. The van der Waals surface area contributed by atoms with Gasteiger partial charge in [0.1, 0.15) is 17.2 Å². The number of carboxylic acids is 1. The maximum Gasteiger partial charge on any atom is 0.341 e. The van der Waals surface area contributed by atoms with Gasteiger partial charge in [-0.15, -0.1) is 0 Å². The van der Waals surface area contributed by atoms with E-state index < -0.39 is 18.7 Å². The lowest BCUT2D eigenvalue weighted by Crippen LogP contribution is -2.37. The number of hydrogen-bond acceptors (Lipinski definition) is 4. The van der Waals surface area contributed by atoms with Crippen molar-refractivity contribution in [2.24, 2.45) is 11.8 Å². The van der Waals surface area contributed by atoms with Gasteiger partial charge in [0.25, 0.3) is 0 Å². The third-order valence-corrected chi connectivity index (χ3v) is 9.31. The Morgan fingerprint density at radius 1 is 0.957 bits per heavy atom. The second-order valence-corrected chi connectivity index (χ2v) is 13.2. The number of aryl methyl sites for hydroxylation is 2. The highest BCUT2D eigenvalue weighted by Gasteiger charge is 2.41. The Kier molecular flexibility index (Phi) is 10.6. The molecule has 46 heavy (non-hydrogen) atoms. The fourth-order valence-electron chi connectivity index (χ4n) is 6.45. The molecule has 4 aromatic rings. The van der Waals surface area contributed by atoms with Crippen LogP contribution in [0.4, 0.5) is 0 Å². The van der Waals surface area contributed by atoms with Crippen LogP contribution in [0.1, 0.15) is 67.9 Å². The molecule has 5 rings (SSSR count). The summed E-state index contributed by atoms with van der Waals surface area (Å²) in [7, 11) is 0. The number of halogens is 1. The van der Waals surface area contributed by atoms with Gasteiger partial charge in [0.2, 0.25) is 0 Å². The Balaban J connectivity index is 1.51. The molecule has 0 aliphatic carbocycles. The van der Waals surface area contributed by atoms with E-state index in [0.717, 1.165) is 35.1 Å². The zero-order valence-corrected chi connectivity index (χ0v) is 28.0. The number of carboxylic acid groups (broad SMARTS) is 1. The molecule has 0 spiro atoms. The number of rotatable bonds is 11. The fourth-order valence-corrected chi connectivity index (χ4v) is 6.56.